The van der Waals surface area contributed by atoms with Crippen LogP contribution in [-0.4, -0.2) is 72.2 Å². The zero-order valence-corrected chi connectivity index (χ0v) is 32.0. The van der Waals surface area contributed by atoms with E-state index in [1.54, 1.807) is 32.4 Å². The van der Waals surface area contributed by atoms with Crippen molar-refractivity contribution in [3.63, 3.8) is 0 Å². The lowest BCUT2D eigenvalue weighted by Gasteiger charge is -2.43. The second kappa shape index (κ2) is 17.3. The molecule has 0 spiro atoms. The highest BCUT2D eigenvalue weighted by atomic mass is 28.4. The van der Waals surface area contributed by atoms with Gasteiger partial charge in [-0.3, -0.25) is 19.2 Å². The van der Waals surface area contributed by atoms with Gasteiger partial charge >= 0.3 is 0 Å². The molecular formula is C41H48N6O5Si. The first-order valence-corrected chi connectivity index (χ1v) is 19.7. The average Bonchev–Trinajstić information content (AvgIpc) is 3.55. The van der Waals surface area contributed by atoms with Crippen molar-refractivity contribution in [1.82, 2.24) is 24.8 Å². The van der Waals surface area contributed by atoms with Crippen LogP contribution in [0.2, 0.25) is 5.04 Å². The maximum absolute atomic E-state index is 13.7. The number of para-hydroxylation sites is 2. The van der Waals surface area contributed by atoms with Crippen LogP contribution < -0.4 is 26.6 Å². The Bertz CT molecular complexity index is 2030. The molecule has 0 aliphatic rings. The lowest BCUT2D eigenvalue weighted by atomic mass is 10.1. The lowest BCUT2D eigenvalue weighted by Crippen LogP contribution is -2.66. The number of amides is 3. The highest BCUT2D eigenvalue weighted by Crippen LogP contribution is 2.36. The Morgan fingerprint density at radius 1 is 0.925 bits per heavy atom. The SMILES string of the molecule is CN(C)C(=O)C=CCCC(NC(=O)CCO[Si](c1ccccc1)(c1ccccc1)C(C)(C)C)C(=O)Nc1cccn(Cc2nc3ccccc3[nH]2)c1=O. The molecule has 0 aliphatic carbocycles. The number of pyridine rings is 1. The summed E-state index contributed by atoms with van der Waals surface area (Å²) >= 11 is 0. The molecule has 0 bridgehead atoms. The number of imidazole rings is 1. The topological polar surface area (TPSA) is 138 Å². The predicted molar refractivity (Wildman–Crippen MR) is 212 cm³/mol. The third-order valence-corrected chi connectivity index (χ3v) is 14.1. The zero-order valence-electron chi connectivity index (χ0n) is 31.0. The van der Waals surface area contributed by atoms with E-state index in [2.05, 4.69) is 65.6 Å². The van der Waals surface area contributed by atoms with Crippen molar-refractivity contribution in [2.24, 2.45) is 0 Å². The molecule has 276 valence electrons. The van der Waals surface area contributed by atoms with Crippen molar-refractivity contribution in [3.05, 3.63) is 132 Å². The van der Waals surface area contributed by atoms with Gasteiger partial charge in [-0.1, -0.05) is 99.6 Å². The molecule has 12 heteroatoms. The number of hydrogen-bond donors (Lipinski definition) is 3. The fourth-order valence-electron chi connectivity index (χ4n) is 6.41. The number of H-pyrrole nitrogens is 1. The van der Waals surface area contributed by atoms with Crippen LogP contribution in [0.5, 0.6) is 0 Å². The number of aromatic nitrogens is 3. The first-order valence-electron chi connectivity index (χ1n) is 17.7. The van der Waals surface area contributed by atoms with Gasteiger partial charge in [0, 0.05) is 33.3 Å². The van der Waals surface area contributed by atoms with Gasteiger partial charge in [-0.05, 0) is 58.6 Å². The summed E-state index contributed by atoms with van der Waals surface area (Å²) in [6.45, 7) is 6.82. The molecule has 2 heterocycles. The molecular weight excluding hydrogens is 685 g/mol. The number of aromatic amines is 1. The van der Waals surface area contributed by atoms with Gasteiger partial charge in [0.2, 0.25) is 17.7 Å². The standard InChI is InChI=1S/C41H48N6O5Si/c1-41(2,3)53(30-17-8-6-9-18-30,31-19-10-7-11-20-31)52-28-26-37(48)44-34(23-14-15-25-38(49)46(4)5)39(50)45-35-24-16-27-47(40(35)51)29-36-42-32-21-12-13-22-33(32)43-36/h6-13,15-22,24-25,27,34H,14,23,26,28-29H2,1-5H3,(H,42,43)(H,44,48)(H,45,50). The van der Waals surface area contributed by atoms with E-state index in [1.165, 1.54) is 21.6 Å². The van der Waals surface area contributed by atoms with Crippen molar-refractivity contribution < 1.29 is 18.8 Å². The Labute approximate surface area is 311 Å². The number of fused-ring (bicyclic) bond motifs is 1. The molecule has 1 unspecified atom stereocenters. The molecule has 0 fully saturated rings. The van der Waals surface area contributed by atoms with Crippen LogP contribution >= 0.6 is 0 Å². The Morgan fingerprint density at radius 3 is 2.19 bits per heavy atom. The van der Waals surface area contributed by atoms with Crippen LogP contribution in [0.4, 0.5) is 5.69 Å². The summed E-state index contributed by atoms with van der Waals surface area (Å²) in [7, 11) is 0.430. The van der Waals surface area contributed by atoms with E-state index in [0.717, 1.165) is 21.4 Å². The molecule has 53 heavy (non-hydrogen) atoms. The van der Waals surface area contributed by atoms with Crippen molar-refractivity contribution in [3.8, 4) is 0 Å². The molecule has 3 N–H and O–H groups in total. The molecule has 0 saturated carbocycles. The number of carbonyl (C=O) groups excluding carboxylic acids is 3. The molecule has 3 amide bonds. The van der Waals surface area contributed by atoms with E-state index >= 15 is 0 Å². The van der Waals surface area contributed by atoms with Gasteiger partial charge in [0.1, 0.15) is 17.6 Å². The van der Waals surface area contributed by atoms with Crippen LogP contribution in [-0.2, 0) is 25.4 Å². The highest BCUT2D eigenvalue weighted by Gasteiger charge is 2.50. The van der Waals surface area contributed by atoms with Crippen LogP contribution in [0.15, 0.2) is 120 Å². The highest BCUT2D eigenvalue weighted by molar-refractivity contribution is 6.99. The fraction of sp³-hybridized carbons (Fsp3) is 0.293. The first kappa shape index (κ1) is 38.6. The Morgan fingerprint density at radius 2 is 1.57 bits per heavy atom. The quantitative estimate of drug-likeness (QED) is 0.106. The zero-order chi connectivity index (χ0) is 38.0. The molecule has 11 nitrogen and oxygen atoms in total. The minimum absolute atomic E-state index is 0.0128. The monoisotopic (exact) mass is 732 g/mol. The van der Waals surface area contributed by atoms with Crippen LogP contribution in [0.25, 0.3) is 11.0 Å². The molecule has 0 saturated heterocycles. The van der Waals surface area contributed by atoms with E-state index in [4.69, 9.17) is 4.43 Å². The smallest absolute Gasteiger partial charge is 0.274 e. The number of nitrogens with one attached hydrogen (secondary N) is 3. The molecule has 2 aromatic heterocycles. The Kier molecular flexibility index (Phi) is 12.6. The number of carbonyl (C=O) groups is 3. The summed E-state index contributed by atoms with van der Waals surface area (Å²) in [4.78, 5) is 62.1. The van der Waals surface area contributed by atoms with Crippen molar-refractivity contribution in [2.45, 2.75) is 57.7 Å². The largest absolute Gasteiger partial charge is 0.407 e. The van der Waals surface area contributed by atoms with Crippen LogP contribution in [0, 0.1) is 0 Å². The van der Waals surface area contributed by atoms with Gasteiger partial charge in [0.15, 0.2) is 0 Å². The van der Waals surface area contributed by atoms with Crippen molar-refractivity contribution in [2.75, 3.05) is 26.0 Å². The predicted octanol–water partition coefficient (Wildman–Crippen LogP) is 4.59. The minimum Gasteiger partial charge on any atom is -0.407 e. The molecule has 5 aromatic rings. The lowest BCUT2D eigenvalue weighted by molar-refractivity contribution is -0.127. The summed E-state index contributed by atoms with van der Waals surface area (Å²) in [5, 5.41) is 7.55. The van der Waals surface area contributed by atoms with E-state index in [9.17, 15) is 19.2 Å². The number of likely N-dealkylation sites (N-methyl/N-ethyl adjacent to an activating group) is 1. The minimum atomic E-state index is -2.87. The van der Waals surface area contributed by atoms with Crippen molar-refractivity contribution >= 4 is 53.1 Å². The number of rotatable bonds is 15. The van der Waals surface area contributed by atoms with Crippen LogP contribution in [0.1, 0.15) is 45.9 Å². The number of anilines is 1. The second-order valence-corrected chi connectivity index (χ2v) is 18.4. The number of hydrogen-bond acceptors (Lipinski definition) is 6. The fourth-order valence-corrected chi connectivity index (χ4v) is 11.0. The van der Waals surface area contributed by atoms with Crippen LogP contribution in [0.3, 0.4) is 0 Å². The van der Waals surface area contributed by atoms with E-state index < -0.39 is 25.8 Å². The normalized spacial score (nSPS) is 12.5. The number of benzene rings is 3. The van der Waals surface area contributed by atoms with Gasteiger partial charge in [-0.15, -0.1) is 0 Å². The molecule has 5 rings (SSSR count). The summed E-state index contributed by atoms with van der Waals surface area (Å²) in [5.41, 5.74) is 1.30. The van der Waals surface area contributed by atoms with E-state index in [0.29, 0.717) is 12.2 Å². The van der Waals surface area contributed by atoms with Gasteiger partial charge < -0.3 is 29.5 Å². The first-order chi connectivity index (χ1) is 25.4. The van der Waals surface area contributed by atoms with Gasteiger partial charge in [-0.2, -0.15) is 0 Å². The summed E-state index contributed by atoms with van der Waals surface area (Å²) in [6, 6.07) is 30.1. The average molecular weight is 733 g/mol. The third kappa shape index (κ3) is 9.45. The Balaban J connectivity index is 1.31. The van der Waals surface area contributed by atoms with E-state index in [1.807, 2.05) is 60.7 Å². The van der Waals surface area contributed by atoms with E-state index in [-0.39, 0.29) is 48.5 Å². The molecule has 0 aliphatic heterocycles. The second-order valence-electron chi connectivity index (χ2n) is 14.1. The summed E-state index contributed by atoms with van der Waals surface area (Å²) < 4.78 is 8.35. The van der Waals surface area contributed by atoms with Gasteiger partial charge in [-0.25, -0.2) is 4.98 Å². The molecule has 0 radical (unpaired) electrons. The Hall–Kier alpha value is -5.59. The molecule has 1 atom stereocenters. The molecule has 3 aromatic carbocycles. The maximum Gasteiger partial charge on any atom is 0.274 e. The summed E-state index contributed by atoms with van der Waals surface area (Å²) in [6.07, 6.45) is 5.28. The third-order valence-electron chi connectivity index (χ3n) is 9.08. The van der Waals surface area contributed by atoms with Gasteiger partial charge in [0.05, 0.1) is 17.6 Å². The van der Waals surface area contributed by atoms with Crippen molar-refractivity contribution in [1.29, 1.82) is 0 Å². The maximum atomic E-state index is 13.7. The van der Waals surface area contributed by atoms with Gasteiger partial charge in [0.25, 0.3) is 13.9 Å². The number of allylic oxidation sites excluding steroid dienone is 1. The summed E-state index contributed by atoms with van der Waals surface area (Å²) in [5.74, 6) is -0.505. The number of nitrogens with zero attached hydrogens (tertiary/aromatic N) is 3.